The van der Waals surface area contributed by atoms with Crippen molar-refractivity contribution in [1.29, 1.82) is 0 Å². The van der Waals surface area contributed by atoms with Crippen molar-refractivity contribution in [2.75, 3.05) is 5.75 Å². The quantitative estimate of drug-likeness (QED) is 0.689. The summed E-state index contributed by atoms with van der Waals surface area (Å²) in [5, 5.41) is 10.0. The van der Waals surface area contributed by atoms with Crippen LogP contribution in [0.2, 0.25) is 0 Å². The van der Waals surface area contributed by atoms with Crippen LogP contribution in [-0.4, -0.2) is 20.4 Å². The van der Waals surface area contributed by atoms with E-state index in [-0.39, 0.29) is 11.4 Å². The second-order valence-electron chi connectivity index (χ2n) is 4.26. The number of rotatable bonds is 4. The summed E-state index contributed by atoms with van der Waals surface area (Å²) >= 11 is 1.47. The number of aromatic hydroxyl groups is 1. The Morgan fingerprint density at radius 2 is 2.16 bits per heavy atom. The van der Waals surface area contributed by atoms with Gasteiger partial charge in [-0.05, 0) is 31.0 Å². The monoisotopic (exact) mass is 276 g/mol. The molecular weight excluding hydrogens is 260 g/mol. The molecule has 1 aromatic carbocycles. The topological polar surface area (TPSA) is 55.1 Å². The predicted molar refractivity (Wildman–Crippen MR) is 77.3 cm³/mol. The zero-order chi connectivity index (χ0) is 13.8. The van der Waals surface area contributed by atoms with Crippen LogP contribution in [0.4, 0.5) is 0 Å². The van der Waals surface area contributed by atoms with Crippen molar-refractivity contribution in [2.24, 2.45) is 0 Å². The fourth-order valence-corrected chi connectivity index (χ4v) is 2.61. The number of thioether (sulfide) groups is 1. The van der Waals surface area contributed by atoms with Gasteiger partial charge in [0.2, 0.25) is 5.88 Å². The van der Waals surface area contributed by atoms with Crippen LogP contribution in [0, 0.1) is 6.92 Å². The molecule has 19 heavy (non-hydrogen) atoms. The smallest absolute Gasteiger partial charge is 0.262 e. The molecule has 100 valence electrons. The molecule has 2 aromatic rings. The van der Waals surface area contributed by atoms with E-state index in [4.69, 9.17) is 0 Å². The van der Waals surface area contributed by atoms with Gasteiger partial charge in [-0.1, -0.05) is 30.8 Å². The summed E-state index contributed by atoms with van der Waals surface area (Å²) in [6.07, 6.45) is 0.976. The molecule has 1 aromatic heterocycles. The van der Waals surface area contributed by atoms with Gasteiger partial charge in [0.05, 0.1) is 11.8 Å². The van der Waals surface area contributed by atoms with Crippen LogP contribution < -0.4 is 5.56 Å². The molecular formula is C14H16N2O2S. The molecule has 0 aliphatic heterocycles. The van der Waals surface area contributed by atoms with E-state index in [1.807, 2.05) is 31.2 Å². The first-order valence-corrected chi connectivity index (χ1v) is 7.13. The van der Waals surface area contributed by atoms with E-state index in [0.717, 1.165) is 29.5 Å². The van der Waals surface area contributed by atoms with Crippen LogP contribution in [0.3, 0.4) is 0 Å². The normalized spacial score (nSPS) is 10.6. The fourth-order valence-electron chi connectivity index (χ4n) is 1.74. The van der Waals surface area contributed by atoms with Gasteiger partial charge in [-0.3, -0.25) is 9.36 Å². The molecule has 0 aliphatic carbocycles. The van der Waals surface area contributed by atoms with E-state index >= 15 is 0 Å². The van der Waals surface area contributed by atoms with Crippen molar-refractivity contribution < 1.29 is 5.11 Å². The number of nitrogens with zero attached hydrogens (tertiary/aromatic N) is 2. The van der Waals surface area contributed by atoms with Gasteiger partial charge in [0, 0.05) is 5.75 Å². The van der Waals surface area contributed by atoms with Crippen LogP contribution in [0.5, 0.6) is 5.88 Å². The van der Waals surface area contributed by atoms with E-state index < -0.39 is 0 Å². The molecule has 0 saturated carbocycles. The van der Waals surface area contributed by atoms with Crippen LogP contribution in [0.1, 0.15) is 18.9 Å². The number of benzene rings is 1. The molecule has 0 spiro atoms. The molecule has 0 fully saturated rings. The molecule has 0 aliphatic rings. The van der Waals surface area contributed by atoms with Gasteiger partial charge in [0.25, 0.3) is 5.56 Å². The molecule has 0 unspecified atom stereocenters. The highest BCUT2D eigenvalue weighted by Gasteiger charge is 2.10. The maximum absolute atomic E-state index is 12.1. The molecule has 0 amide bonds. The van der Waals surface area contributed by atoms with Crippen molar-refractivity contribution in [3.05, 3.63) is 46.2 Å². The van der Waals surface area contributed by atoms with Crippen LogP contribution in [0.25, 0.3) is 5.69 Å². The molecule has 1 heterocycles. The molecule has 0 radical (unpaired) electrons. The predicted octanol–water partition coefficient (Wildman–Crippen LogP) is 2.75. The summed E-state index contributed by atoms with van der Waals surface area (Å²) in [4.78, 5) is 16.1. The van der Waals surface area contributed by atoms with Crippen molar-refractivity contribution in [3.63, 3.8) is 0 Å². The van der Waals surface area contributed by atoms with Gasteiger partial charge in [-0.25, -0.2) is 0 Å². The van der Waals surface area contributed by atoms with Gasteiger partial charge in [-0.15, -0.1) is 0 Å². The second-order valence-corrected chi connectivity index (χ2v) is 5.32. The van der Waals surface area contributed by atoms with Gasteiger partial charge in [0.15, 0.2) is 5.16 Å². The third-order valence-corrected chi connectivity index (χ3v) is 3.71. The molecule has 5 heteroatoms. The van der Waals surface area contributed by atoms with E-state index in [9.17, 15) is 9.90 Å². The summed E-state index contributed by atoms with van der Waals surface area (Å²) in [6, 6.07) is 8.80. The lowest BCUT2D eigenvalue weighted by atomic mass is 10.2. The minimum absolute atomic E-state index is 0.229. The van der Waals surface area contributed by atoms with Crippen molar-refractivity contribution in [2.45, 2.75) is 25.4 Å². The zero-order valence-corrected chi connectivity index (χ0v) is 11.8. The van der Waals surface area contributed by atoms with Gasteiger partial charge >= 0.3 is 0 Å². The number of aromatic nitrogens is 2. The number of aryl methyl sites for hydroxylation is 1. The number of hydrogen-bond acceptors (Lipinski definition) is 4. The van der Waals surface area contributed by atoms with Crippen LogP contribution in [0.15, 0.2) is 40.3 Å². The summed E-state index contributed by atoms with van der Waals surface area (Å²) in [5.74, 6) is 0.620. The molecule has 4 nitrogen and oxygen atoms in total. The first-order valence-electron chi connectivity index (χ1n) is 6.14. The Bertz CT molecular complexity index is 638. The summed E-state index contributed by atoms with van der Waals surface area (Å²) in [5.41, 5.74) is 1.58. The maximum atomic E-state index is 12.1. The Balaban J connectivity index is 2.57. The highest BCUT2D eigenvalue weighted by Crippen LogP contribution is 2.21. The van der Waals surface area contributed by atoms with Gasteiger partial charge < -0.3 is 5.11 Å². The minimum atomic E-state index is -0.267. The lowest BCUT2D eigenvalue weighted by Gasteiger charge is -2.11. The lowest BCUT2D eigenvalue weighted by molar-refractivity contribution is 0.441. The van der Waals surface area contributed by atoms with Crippen molar-refractivity contribution >= 4 is 11.8 Å². The Labute approximate surface area is 116 Å². The molecule has 0 bridgehead atoms. The Morgan fingerprint density at radius 1 is 1.37 bits per heavy atom. The average Bonchev–Trinajstić information content (AvgIpc) is 2.35. The minimum Gasteiger partial charge on any atom is -0.493 e. The first kappa shape index (κ1) is 13.7. The third-order valence-electron chi connectivity index (χ3n) is 2.57. The standard InChI is InChI=1S/C14H16N2O2S/c1-3-7-19-14-15-12(17)9-13(18)16(14)11-6-4-5-10(2)8-11/h4-6,8-9,17H,3,7H2,1-2H3. The fraction of sp³-hybridized carbons (Fsp3) is 0.286. The van der Waals surface area contributed by atoms with E-state index in [1.54, 1.807) is 0 Å². The molecule has 0 atom stereocenters. The SMILES string of the molecule is CCCSc1nc(O)cc(=O)n1-c1cccc(C)c1. The summed E-state index contributed by atoms with van der Waals surface area (Å²) in [7, 11) is 0. The maximum Gasteiger partial charge on any atom is 0.262 e. The average molecular weight is 276 g/mol. The number of hydrogen-bond donors (Lipinski definition) is 1. The van der Waals surface area contributed by atoms with Crippen LogP contribution in [-0.2, 0) is 0 Å². The highest BCUT2D eigenvalue weighted by atomic mass is 32.2. The van der Waals surface area contributed by atoms with E-state index in [0.29, 0.717) is 5.16 Å². The van der Waals surface area contributed by atoms with Gasteiger partial charge in [0.1, 0.15) is 0 Å². The lowest BCUT2D eigenvalue weighted by Crippen LogP contribution is -2.20. The van der Waals surface area contributed by atoms with E-state index in [2.05, 4.69) is 11.9 Å². The zero-order valence-electron chi connectivity index (χ0n) is 11.0. The summed E-state index contributed by atoms with van der Waals surface area (Å²) < 4.78 is 1.53. The largest absolute Gasteiger partial charge is 0.493 e. The third kappa shape index (κ3) is 3.17. The molecule has 2 rings (SSSR count). The summed E-state index contributed by atoms with van der Waals surface area (Å²) in [6.45, 7) is 4.03. The Hall–Kier alpha value is -1.75. The molecule has 0 saturated heterocycles. The first-order chi connectivity index (χ1) is 9.11. The second kappa shape index (κ2) is 5.93. The van der Waals surface area contributed by atoms with Crippen molar-refractivity contribution in [3.8, 4) is 11.6 Å². The highest BCUT2D eigenvalue weighted by molar-refractivity contribution is 7.99. The Kier molecular flexibility index (Phi) is 4.27. The molecule has 1 N–H and O–H groups in total. The van der Waals surface area contributed by atoms with Crippen LogP contribution >= 0.6 is 11.8 Å². The van der Waals surface area contributed by atoms with E-state index in [1.165, 1.54) is 16.3 Å². The van der Waals surface area contributed by atoms with Gasteiger partial charge in [-0.2, -0.15) is 4.98 Å². The Morgan fingerprint density at radius 3 is 2.84 bits per heavy atom. The van der Waals surface area contributed by atoms with Crippen molar-refractivity contribution in [1.82, 2.24) is 9.55 Å².